The molecule has 0 aliphatic heterocycles. The molecule has 0 aliphatic carbocycles. The summed E-state index contributed by atoms with van der Waals surface area (Å²) in [5.74, 6) is 0. The summed E-state index contributed by atoms with van der Waals surface area (Å²) in [6.07, 6.45) is 13.9. The maximum atomic E-state index is 5.93. The molecule has 94 valence electrons. The molecular formula is C15H29N. The van der Waals surface area contributed by atoms with Crippen LogP contribution in [-0.4, -0.2) is 6.54 Å². The van der Waals surface area contributed by atoms with E-state index >= 15 is 0 Å². The van der Waals surface area contributed by atoms with Crippen LogP contribution in [0.5, 0.6) is 0 Å². The van der Waals surface area contributed by atoms with Crippen LogP contribution in [0.2, 0.25) is 0 Å². The fourth-order valence-corrected chi connectivity index (χ4v) is 2.27. The van der Waals surface area contributed by atoms with Crippen molar-refractivity contribution in [2.75, 3.05) is 6.54 Å². The molecule has 1 nitrogen and oxygen atoms in total. The van der Waals surface area contributed by atoms with Crippen LogP contribution in [0.3, 0.4) is 0 Å². The molecule has 0 spiro atoms. The number of nitrogens with two attached hydrogens (primary N) is 1. The molecule has 0 rings (SSSR count). The van der Waals surface area contributed by atoms with Crippen molar-refractivity contribution in [1.82, 2.24) is 0 Å². The Balaban J connectivity index is 3.98. The zero-order valence-corrected chi connectivity index (χ0v) is 11.0. The van der Waals surface area contributed by atoms with E-state index in [1.807, 2.05) is 12.2 Å². The molecule has 2 N–H and O–H groups in total. The highest BCUT2D eigenvalue weighted by Gasteiger charge is 2.24. The van der Waals surface area contributed by atoms with E-state index in [4.69, 9.17) is 5.73 Å². The maximum Gasteiger partial charge on any atom is -0.00146 e. The van der Waals surface area contributed by atoms with Gasteiger partial charge in [0.1, 0.15) is 0 Å². The van der Waals surface area contributed by atoms with E-state index in [0.29, 0.717) is 0 Å². The first-order chi connectivity index (χ1) is 7.74. The van der Waals surface area contributed by atoms with Crippen molar-refractivity contribution < 1.29 is 0 Å². The highest BCUT2D eigenvalue weighted by atomic mass is 14.6. The molecule has 0 aromatic rings. The number of hydrogen-bond acceptors (Lipinski definition) is 1. The summed E-state index contributed by atoms with van der Waals surface area (Å²) in [5, 5.41) is 0. The SMILES string of the molecule is C=CCC(CN)(CC=C)CCCCCCC. The molecule has 0 aromatic heterocycles. The minimum atomic E-state index is 0.232. The summed E-state index contributed by atoms with van der Waals surface area (Å²) in [5.41, 5.74) is 6.16. The lowest BCUT2D eigenvalue weighted by molar-refractivity contribution is 0.268. The second-order valence-corrected chi connectivity index (χ2v) is 4.85. The van der Waals surface area contributed by atoms with Crippen molar-refractivity contribution >= 4 is 0 Å². The summed E-state index contributed by atoms with van der Waals surface area (Å²) in [4.78, 5) is 0. The van der Waals surface area contributed by atoms with Gasteiger partial charge in [-0.05, 0) is 31.2 Å². The van der Waals surface area contributed by atoms with Crippen molar-refractivity contribution in [1.29, 1.82) is 0 Å². The Morgan fingerprint density at radius 2 is 1.56 bits per heavy atom. The van der Waals surface area contributed by atoms with Crippen LogP contribution in [0.4, 0.5) is 0 Å². The first-order valence-corrected chi connectivity index (χ1v) is 6.66. The van der Waals surface area contributed by atoms with E-state index in [2.05, 4.69) is 20.1 Å². The predicted molar refractivity (Wildman–Crippen MR) is 74.5 cm³/mol. The molecule has 0 atom stereocenters. The molecule has 0 aromatic carbocycles. The molecule has 0 heterocycles. The molecule has 16 heavy (non-hydrogen) atoms. The van der Waals surface area contributed by atoms with Gasteiger partial charge < -0.3 is 5.73 Å². The van der Waals surface area contributed by atoms with Crippen molar-refractivity contribution in [3.8, 4) is 0 Å². The summed E-state index contributed by atoms with van der Waals surface area (Å²) in [7, 11) is 0. The summed E-state index contributed by atoms with van der Waals surface area (Å²) < 4.78 is 0. The third kappa shape index (κ3) is 6.12. The van der Waals surface area contributed by atoms with Crippen LogP contribution in [0, 0.1) is 5.41 Å². The van der Waals surface area contributed by atoms with Gasteiger partial charge >= 0.3 is 0 Å². The van der Waals surface area contributed by atoms with Crippen molar-refractivity contribution in [3.63, 3.8) is 0 Å². The number of hydrogen-bond donors (Lipinski definition) is 1. The van der Waals surface area contributed by atoms with E-state index in [-0.39, 0.29) is 5.41 Å². The van der Waals surface area contributed by atoms with Gasteiger partial charge in [0.25, 0.3) is 0 Å². The summed E-state index contributed by atoms with van der Waals surface area (Å²) in [6, 6.07) is 0. The highest BCUT2D eigenvalue weighted by molar-refractivity contribution is 4.92. The minimum absolute atomic E-state index is 0.232. The smallest absolute Gasteiger partial charge is 0.00146 e. The second-order valence-electron chi connectivity index (χ2n) is 4.85. The van der Waals surface area contributed by atoms with Gasteiger partial charge in [-0.3, -0.25) is 0 Å². The molecule has 0 saturated carbocycles. The monoisotopic (exact) mass is 223 g/mol. The average Bonchev–Trinajstić information content (AvgIpc) is 2.29. The van der Waals surface area contributed by atoms with Crippen LogP contribution in [-0.2, 0) is 0 Å². The number of rotatable bonds is 11. The minimum Gasteiger partial charge on any atom is -0.330 e. The second kappa shape index (κ2) is 9.65. The molecule has 0 aliphatic rings. The van der Waals surface area contributed by atoms with Crippen LogP contribution in [0.25, 0.3) is 0 Å². The standard InChI is InChI=1S/C15H29N/c1-4-7-8-9-10-13-15(14-16,11-5-2)12-6-3/h5-6H,2-4,7-14,16H2,1H3. The van der Waals surface area contributed by atoms with Crippen LogP contribution in [0.1, 0.15) is 58.3 Å². The molecular weight excluding hydrogens is 194 g/mol. The van der Waals surface area contributed by atoms with Gasteiger partial charge in [0, 0.05) is 0 Å². The first kappa shape index (κ1) is 15.4. The van der Waals surface area contributed by atoms with Crippen LogP contribution >= 0.6 is 0 Å². The largest absolute Gasteiger partial charge is 0.330 e. The van der Waals surface area contributed by atoms with E-state index in [1.165, 1.54) is 38.5 Å². The lowest BCUT2D eigenvalue weighted by Crippen LogP contribution is -2.29. The maximum absolute atomic E-state index is 5.93. The van der Waals surface area contributed by atoms with Crippen LogP contribution in [0.15, 0.2) is 25.3 Å². The Morgan fingerprint density at radius 3 is 2.00 bits per heavy atom. The van der Waals surface area contributed by atoms with E-state index in [1.54, 1.807) is 0 Å². The zero-order valence-electron chi connectivity index (χ0n) is 11.0. The lowest BCUT2D eigenvalue weighted by atomic mass is 9.76. The first-order valence-electron chi connectivity index (χ1n) is 6.66. The molecule has 0 radical (unpaired) electrons. The van der Waals surface area contributed by atoms with E-state index in [9.17, 15) is 0 Å². The number of allylic oxidation sites excluding steroid dienone is 2. The van der Waals surface area contributed by atoms with Gasteiger partial charge in [0.05, 0.1) is 0 Å². The van der Waals surface area contributed by atoms with Gasteiger partial charge in [-0.15, -0.1) is 13.2 Å². The summed E-state index contributed by atoms with van der Waals surface area (Å²) in [6.45, 7) is 10.7. The Kier molecular flexibility index (Phi) is 9.31. The molecule has 0 unspecified atom stereocenters. The Labute approximate surface area is 102 Å². The molecule has 0 fully saturated rings. The number of unbranched alkanes of at least 4 members (excludes halogenated alkanes) is 4. The van der Waals surface area contributed by atoms with Gasteiger partial charge in [-0.25, -0.2) is 0 Å². The molecule has 0 amide bonds. The van der Waals surface area contributed by atoms with E-state index < -0.39 is 0 Å². The quantitative estimate of drug-likeness (QED) is 0.406. The molecule has 0 bridgehead atoms. The third-order valence-corrected chi connectivity index (χ3v) is 3.40. The third-order valence-electron chi connectivity index (χ3n) is 3.40. The topological polar surface area (TPSA) is 26.0 Å². The average molecular weight is 223 g/mol. The fraction of sp³-hybridized carbons (Fsp3) is 0.733. The zero-order chi connectivity index (χ0) is 12.3. The Bertz CT molecular complexity index is 174. The fourth-order valence-electron chi connectivity index (χ4n) is 2.27. The van der Waals surface area contributed by atoms with Gasteiger partial charge in [-0.1, -0.05) is 51.2 Å². The Hall–Kier alpha value is -0.560. The van der Waals surface area contributed by atoms with Crippen molar-refractivity contribution in [2.24, 2.45) is 11.1 Å². The van der Waals surface area contributed by atoms with E-state index in [0.717, 1.165) is 19.4 Å². The van der Waals surface area contributed by atoms with Gasteiger partial charge in [0.15, 0.2) is 0 Å². The normalized spacial score (nSPS) is 11.4. The van der Waals surface area contributed by atoms with Gasteiger partial charge in [0.2, 0.25) is 0 Å². The van der Waals surface area contributed by atoms with Crippen molar-refractivity contribution in [3.05, 3.63) is 25.3 Å². The van der Waals surface area contributed by atoms with Crippen LogP contribution < -0.4 is 5.73 Å². The van der Waals surface area contributed by atoms with Gasteiger partial charge in [-0.2, -0.15) is 0 Å². The predicted octanol–water partition coefficient (Wildman–Crippen LogP) is 4.44. The Morgan fingerprint density at radius 1 is 1.00 bits per heavy atom. The van der Waals surface area contributed by atoms with Crippen molar-refractivity contribution in [2.45, 2.75) is 58.3 Å². The molecule has 1 heteroatoms. The highest BCUT2D eigenvalue weighted by Crippen LogP contribution is 2.32. The summed E-state index contributed by atoms with van der Waals surface area (Å²) >= 11 is 0. The molecule has 0 saturated heterocycles. The lowest BCUT2D eigenvalue weighted by Gasteiger charge is -2.30.